The molecule has 4 nitrogen and oxygen atoms in total. The van der Waals surface area contributed by atoms with Gasteiger partial charge in [0.1, 0.15) is 0 Å². The summed E-state index contributed by atoms with van der Waals surface area (Å²) in [5, 5.41) is 17.8. The Kier molecular flexibility index (Phi) is 4.74. The van der Waals surface area contributed by atoms with Crippen molar-refractivity contribution in [2.75, 3.05) is 14.2 Å². The lowest BCUT2D eigenvalue weighted by atomic mass is 9.76. The van der Waals surface area contributed by atoms with E-state index in [1.165, 1.54) is 20.3 Å². The predicted molar refractivity (Wildman–Crippen MR) is 58.0 cm³/mol. The van der Waals surface area contributed by atoms with Gasteiger partial charge >= 0.3 is 13.3 Å². The minimum Gasteiger partial charge on any atom is -0.423 e. The van der Waals surface area contributed by atoms with E-state index in [4.69, 9.17) is 19.5 Å². The summed E-state index contributed by atoms with van der Waals surface area (Å²) in [4.78, 5) is 0. The van der Waals surface area contributed by atoms with Gasteiger partial charge in [-0.2, -0.15) is 13.2 Å². The number of rotatable bonds is 4. The van der Waals surface area contributed by atoms with Crippen molar-refractivity contribution in [2.24, 2.45) is 0 Å². The van der Waals surface area contributed by atoms with Gasteiger partial charge < -0.3 is 19.5 Å². The van der Waals surface area contributed by atoms with Gasteiger partial charge in [-0.15, -0.1) is 0 Å². The van der Waals surface area contributed by atoms with Crippen molar-refractivity contribution >= 4 is 12.6 Å². The summed E-state index contributed by atoms with van der Waals surface area (Å²) in [5.74, 6) is 0. The predicted octanol–water partition coefficient (Wildman–Crippen LogP) is 0.677. The van der Waals surface area contributed by atoms with Crippen molar-refractivity contribution in [3.8, 4) is 0 Å². The lowest BCUT2D eigenvalue weighted by molar-refractivity contribution is -0.137. The number of ether oxygens (including phenoxy) is 2. The van der Waals surface area contributed by atoms with Crippen LogP contribution in [-0.2, 0) is 15.7 Å². The average molecular weight is 264 g/mol. The zero-order valence-corrected chi connectivity index (χ0v) is 9.73. The fraction of sp³-hybridized carbons (Fsp3) is 0.400. The maximum absolute atomic E-state index is 12.8. The second-order valence-corrected chi connectivity index (χ2v) is 3.52. The molecule has 1 aromatic rings. The van der Waals surface area contributed by atoms with E-state index in [-0.39, 0.29) is 5.56 Å². The number of alkyl halides is 3. The maximum atomic E-state index is 12.8. The van der Waals surface area contributed by atoms with Crippen LogP contribution in [0.25, 0.3) is 0 Å². The number of methoxy groups -OCH3 is 2. The van der Waals surface area contributed by atoms with Crippen LogP contribution < -0.4 is 5.46 Å². The van der Waals surface area contributed by atoms with E-state index >= 15 is 0 Å². The first-order valence-electron chi connectivity index (χ1n) is 4.94. The summed E-state index contributed by atoms with van der Waals surface area (Å²) in [6.07, 6.45) is -5.64. The Labute approximate surface area is 102 Å². The zero-order chi connectivity index (χ0) is 13.9. The van der Waals surface area contributed by atoms with Crippen LogP contribution in [0.1, 0.15) is 17.4 Å². The lowest BCUT2D eigenvalue weighted by Crippen LogP contribution is -2.36. The monoisotopic (exact) mass is 264 g/mol. The highest BCUT2D eigenvalue weighted by atomic mass is 19.4. The van der Waals surface area contributed by atoms with Crippen LogP contribution in [-0.4, -0.2) is 31.4 Å². The molecule has 0 unspecified atom stereocenters. The fourth-order valence-corrected chi connectivity index (χ4v) is 1.56. The molecule has 100 valence electrons. The first-order valence-corrected chi connectivity index (χ1v) is 4.94. The molecule has 0 atom stereocenters. The SMILES string of the molecule is COC(OC)c1ccc(B(O)O)c(C(F)(F)F)c1. The van der Waals surface area contributed by atoms with Crippen LogP contribution in [0, 0.1) is 0 Å². The third-order valence-corrected chi connectivity index (χ3v) is 2.36. The van der Waals surface area contributed by atoms with E-state index in [1.807, 2.05) is 0 Å². The summed E-state index contributed by atoms with van der Waals surface area (Å²) >= 11 is 0. The van der Waals surface area contributed by atoms with Crippen LogP contribution in [0.15, 0.2) is 18.2 Å². The van der Waals surface area contributed by atoms with E-state index in [1.54, 1.807) is 0 Å². The highest BCUT2D eigenvalue weighted by molar-refractivity contribution is 6.59. The van der Waals surface area contributed by atoms with Gasteiger partial charge in [-0.05, 0) is 11.5 Å². The molecule has 0 fully saturated rings. The van der Waals surface area contributed by atoms with Crippen LogP contribution in [0.2, 0.25) is 0 Å². The van der Waals surface area contributed by atoms with Crippen molar-refractivity contribution in [1.29, 1.82) is 0 Å². The maximum Gasteiger partial charge on any atom is 0.489 e. The van der Waals surface area contributed by atoms with Crippen LogP contribution in [0.5, 0.6) is 0 Å². The van der Waals surface area contributed by atoms with Gasteiger partial charge in [0.05, 0.1) is 5.56 Å². The summed E-state index contributed by atoms with van der Waals surface area (Å²) < 4.78 is 47.9. The molecule has 0 aliphatic heterocycles. The smallest absolute Gasteiger partial charge is 0.423 e. The molecule has 0 radical (unpaired) electrons. The number of benzene rings is 1. The Morgan fingerprint density at radius 1 is 1.17 bits per heavy atom. The quantitative estimate of drug-likeness (QED) is 0.620. The molecule has 0 aliphatic rings. The van der Waals surface area contributed by atoms with Crippen molar-refractivity contribution in [2.45, 2.75) is 12.5 Å². The Bertz CT molecular complexity index is 405. The average Bonchev–Trinajstić information content (AvgIpc) is 2.29. The molecule has 1 aromatic carbocycles. The number of hydrogen-bond donors (Lipinski definition) is 2. The molecular weight excluding hydrogens is 252 g/mol. The molecule has 0 saturated heterocycles. The molecule has 1 rings (SSSR count). The molecule has 0 amide bonds. The van der Waals surface area contributed by atoms with Crippen molar-refractivity contribution in [1.82, 2.24) is 0 Å². The molecular formula is C10H12BF3O4. The largest absolute Gasteiger partial charge is 0.489 e. The van der Waals surface area contributed by atoms with Crippen LogP contribution in [0.4, 0.5) is 13.2 Å². The third kappa shape index (κ3) is 3.23. The highest BCUT2D eigenvalue weighted by Crippen LogP contribution is 2.30. The van der Waals surface area contributed by atoms with Crippen molar-refractivity contribution < 1.29 is 32.7 Å². The Balaban J connectivity index is 3.30. The van der Waals surface area contributed by atoms with E-state index in [0.29, 0.717) is 0 Å². The summed E-state index contributed by atoms with van der Waals surface area (Å²) in [5.41, 5.74) is -1.61. The Morgan fingerprint density at radius 2 is 1.72 bits per heavy atom. The van der Waals surface area contributed by atoms with Crippen molar-refractivity contribution in [3.63, 3.8) is 0 Å². The minimum absolute atomic E-state index is 0.136. The standard InChI is InChI=1S/C10H12BF3O4/c1-17-9(18-2)6-3-4-8(11(15)16)7(5-6)10(12,13)14/h3-5,9,15-16H,1-2H3. The van der Waals surface area contributed by atoms with Gasteiger partial charge in [-0.1, -0.05) is 12.1 Å². The summed E-state index contributed by atoms with van der Waals surface area (Å²) in [6, 6.07) is 3.03. The highest BCUT2D eigenvalue weighted by Gasteiger charge is 2.36. The third-order valence-electron chi connectivity index (χ3n) is 2.36. The van der Waals surface area contributed by atoms with Gasteiger partial charge in [-0.25, -0.2) is 0 Å². The van der Waals surface area contributed by atoms with Crippen molar-refractivity contribution in [3.05, 3.63) is 29.3 Å². The molecule has 18 heavy (non-hydrogen) atoms. The van der Waals surface area contributed by atoms with E-state index in [2.05, 4.69) is 0 Å². The van der Waals surface area contributed by atoms with Crippen LogP contribution in [0.3, 0.4) is 0 Å². The Morgan fingerprint density at radius 3 is 2.11 bits per heavy atom. The molecule has 2 N–H and O–H groups in total. The molecule has 0 aromatic heterocycles. The molecule has 0 bridgehead atoms. The van der Waals surface area contributed by atoms with Gasteiger partial charge in [0.25, 0.3) is 0 Å². The second kappa shape index (κ2) is 5.70. The molecule has 0 heterocycles. The normalized spacial score (nSPS) is 12.0. The van der Waals surface area contributed by atoms with Gasteiger partial charge in [0.15, 0.2) is 6.29 Å². The molecule has 0 spiro atoms. The fourth-order valence-electron chi connectivity index (χ4n) is 1.56. The summed E-state index contributed by atoms with van der Waals surface area (Å²) in [7, 11) is 0.381. The minimum atomic E-state index is -4.69. The van der Waals surface area contributed by atoms with E-state index in [9.17, 15) is 13.2 Å². The molecule has 0 aliphatic carbocycles. The number of halogens is 3. The zero-order valence-electron chi connectivity index (χ0n) is 9.73. The van der Waals surface area contributed by atoms with Gasteiger partial charge in [0, 0.05) is 19.8 Å². The first kappa shape index (κ1) is 15.0. The summed E-state index contributed by atoms with van der Waals surface area (Å²) in [6.45, 7) is 0. The van der Waals surface area contributed by atoms with Gasteiger partial charge in [-0.3, -0.25) is 0 Å². The number of hydrogen-bond acceptors (Lipinski definition) is 4. The molecule has 8 heteroatoms. The lowest BCUT2D eigenvalue weighted by Gasteiger charge is -2.18. The van der Waals surface area contributed by atoms with Crippen LogP contribution >= 0.6 is 0 Å². The van der Waals surface area contributed by atoms with E-state index in [0.717, 1.165) is 12.1 Å². The van der Waals surface area contributed by atoms with Gasteiger partial charge in [0.2, 0.25) is 0 Å². The first-order chi connectivity index (χ1) is 8.31. The van der Waals surface area contributed by atoms with E-state index < -0.39 is 30.6 Å². The Hall–Kier alpha value is -1.09. The topological polar surface area (TPSA) is 58.9 Å². The molecule has 0 saturated carbocycles. The second-order valence-electron chi connectivity index (χ2n) is 3.52.